The van der Waals surface area contributed by atoms with Gasteiger partial charge in [-0.3, -0.25) is 14.5 Å². The molecule has 0 aromatic heterocycles. The van der Waals surface area contributed by atoms with Crippen LogP contribution in [0.4, 0.5) is 5.69 Å². The molecular weight excluding hydrogens is 494 g/mol. The average molecular weight is 530 g/mol. The molecule has 0 bridgehead atoms. The fourth-order valence-corrected chi connectivity index (χ4v) is 5.43. The van der Waals surface area contributed by atoms with Crippen LogP contribution in [0, 0.1) is 19.8 Å². The van der Waals surface area contributed by atoms with Crippen molar-refractivity contribution in [2.45, 2.75) is 46.2 Å². The molecule has 0 radical (unpaired) electrons. The predicted molar refractivity (Wildman–Crippen MR) is 154 cm³/mol. The van der Waals surface area contributed by atoms with E-state index in [0.29, 0.717) is 24.7 Å². The quantitative estimate of drug-likeness (QED) is 0.401. The van der Waals surface area contributed by atoms with Crippen LogP contribution in [0.2, 0.25) is 5.02 Å². The lowest BCUT2D eigenvalue weighted by molar-refractivity contribution is -0.119. The van der Waals surface area contributed by atoms with Crippen LogP contribution in [0.3, 0.4) is 0 Å². The third-order valence-corrected chi connectivity index (χ3v) is 8.04. The lowest BCUT2D eigenvalue weighted by Gasteiger charge is -2.29. The van der Waals surface area contributed by atoms with Crippen LogP contribution >= 0.6 is 11.6 Å². The lowest BCUT2D eigenvalue weighted by atomic mass is 10.0. The second-order valence-electron chi connectivity index (χ2n) is 10.6. The van der Waals surface area contributed by atoms with Crippen molar-refractivity contribution in [1.29, 1.82) is 0 Å². The molecule has 0 saturated heterocycles. The van der Waals surface area contributed by atoms with Gasteiger partial charge in [0, 0.05) is 55.8 Å². The summed E-state index contributed by atoms with van der Waals surface area (Å²) < 4.78 is 0. The molecule has 1 aliphatic heterocycles. The molecule has 0 spiro atoms. The Labute approximate surface area is 231 Å². The number of halogens is 1. The molecule has 6 heteroatoms. The molecule has 1 saturated carbocycles. The summed E-state index contributed by atoms with van der Waals surface area (Å²) in [6.07, 6.45) is 2.74. The number of fused-ring (bicyclic) bond motifs is 1. The highest BCUT2D eigenvalue weighted by Gasteiger charge is 2.35. The standard InChI is InChI=1S/C32H36ClN3O2/c1-23-8-6-11-29(24(23)2)32(38)35-19-18-34(21-25-9-4-3-5-10-25)16-7-17-36(31(37)26-12-13-26)30-20-28(33)15-14-27(30)22-35/h3-6,8-11,14-15,20,26H,7,12-13,16-19,21-22H2,1-2H3. The van der Waals surface area contributed by atoms with Crippen molar-refractivity contribution in [2.24, 2.45) is 5.92 Å². The Bertz CT molecular complexity index is 1310. The van der Waals surface area contributed by atoms with Crippen LogP contribution in [-0.4, -0.2) is 47.8 Å². The Morgan fingerprint density at radius 1 is 0.895 bits per heavy atom. The molecule has 198 valence electrons. The van der Waals surface area contributed by atoms with Gasteiger partial charge in [0.25, 0.3) is 5.91 Å². The van der Waals surface area contributed by atoms with Gasteiger partial charge in [0.1, 0.15) is 0 Å². The number of rotatable bonds is 4. The number of carbonyl (C=O) groups is 2. The van der Waals surface area contributed by atoms with Gasteiger partial charge in [0.05, 0.1) is 5.69 Å². The normalized spacial score (nSPS) is 17.0. The van der Waals surface area contributed by atoms with E-state index in [9.17, 15) is 9.59 Å². The molecular formula is C32H36ClN3O2. The minimum absolute atomic E-state index is 0.0195. The van der Waals surface area contributed by atoms with Gasteiger partial charge in [-0.15, -0.1) is 0 Å². The van der Waals surface area contributed by atoms with E-state index in [4.69, 9.17) is 11.6 Å². The first-order valence-corrected chi connectivity index (χ1v) is 14.0. The lowest BCUT2D eigenvalue weighted by Crippen LogP contribution is -2.38. The Morgan fingerprint density at radius 2 is 1.68 bits per heavy atom. The first-order chi connectivity index (χ1) is 18.4. The maximum absolute atomic E-state index is 14.0. The number of anilines is 1. The molecule has 0 N–H and O–H groups in total. The summed E-state index contributed by atoms with van der Waals surface area (Å²) in [4.78, 5) is 33.7. The smallest absolute Gasteiger partial charge is 0.254 e. The molecule has 38 heavy (non-hydrogen) atoms. The summed E-state index contributed by atoms with van der Waals surface area (Å²) in [5.74, 6) is 0.293. The summed E-state index contributed by atoms with van der Waals surface area (Å²) in [5, 5.41) is 0.602. The zero-order valence-corrected chi connectivity index (χ0v) is 23.1. The van der Waals surface area contributed by atoms with E-state index in [1.807, 2.05) is 66.1 Å². The minimum Gasteiger partial charge on any atom is -0.333 e. The highest BCUT2D eigenvalue weighted by Crippen LogP contribution is 2.35. The van der Waals surface area contributed by atoms with E-state index in [2.05, 4.69) is 29.2 Å². The molecule has 5 nitrogen and oxygen atoms in total. The Hall–Kier alpha value is -3.15. The first kappa shape index (κ1) is 26.5. The van der Waals surface area contributed by atoms with Crippen LogP contribution in [0.25, 0.3) is 0 Å². The van der Waals surface area contributed by atoms with Crippen molar-refractivity contribution in [3.05, 3.63) is 99.6 Å². The maximum Gasteiger partial charge on any atom is 0.254 e. The number of hydrogen-bond acceptors (Lipinski definition) is 3. The molecule has 1 fully saturated rings. The minimum atomic E-state index is 0.0195. The highest BCUT2D eigenvalue weighted by atomic mass is 35.5. The van der Waals surface area contributed by atoms with Crippen molar-refractivity contribution in [3.8, 4) is 0 Å². The van der Waals surface area contributed by atoms with Gasteiger partial charge in [-0.25, -0.2) is 0 Å². The number of hydrogen-bond donors (Lipinski definition) is 0. The molecule has 2 amide bonds. The molecule has 5 rings (SSSR count). The number of nitrogens with zero attached hydrogens (tertiary/aromatic N) is 3. The van der Waals surface area contributed by atoms with Gasteiger partial charge in [0.2, 0.25) is 5.91 Å². The van der Waals surface area contributed by atoms with Crippen molar-refractivity contribution in [1.82, 2.24) is 9.80 Å². The predicted octanol–water partition coefficient (Wildman–Crippen LogP) is 6.25. The van der Waals surface area contributed by atoms with E-state index in [-0.39, 0.29) is 17.7 Å². The van der Waals surface area contributed by atoms with E-state index in [1.54, 1.807) is 0 Å². The van der Waals surface area contributed by atoms with Crippen LogP contribution in [-0.2, 0) is 17.9 Å². The van der Waals surface area contributed by atoms with E-state index in [0.717, 1.165) is 66.8 Å². The zero-order valence-electron chi connectivity index (χ0n) is 22.3. The molecule has 1 aliphatic carbocycles. The van der Waals surface area contributed by atoms with Gasteiger partial charge in [0.15, 0.2) is 0 Å². The molecule has 2 aliphatic rings. The fourth-order valence-electron chi connectivity index (χ4n) is 5.26. The van der Waals surface area contributed by atoms with Crippen molar-refractivity contribution in [3.63, 3.8) is 0 Å². The first-order valence-electron chi connectivity index (χ1n) is 13.6. The van der Waals surface area contributed by atoms with E-state index in [1.165, 1.54) is 5.56 Å². The molecule has 0 atom stereocenters. The van der Waals surface area contributed by atoms with Crippen LogP contribution < -0.4 is 4.90 Å². The summed E-state index contributed by atoms with van der Waals surface area (Å²) in [7, 11) is 0. The van der Waals surface area contributed by atoms with E-state index < -0.39 is 0 Å². The largest absolute Gasteiger partial charge is 0.333 e. The van der Waals surface area contributed by atoms with Crippen LogP contribution in [0.1, 0.15) is 51.9 Å². The third-order valence-electron chi connectivity index (χ3n) is 7.81. The molecule has 3 aromatic rings. The Balaban J connectivity index is 1.51. The van der Waals surface area contributed by atoms with Crippen molar-refractivity contribution < 1.29 is 9.59 Å². The highest BCUT2D eigenvalue weighted by molar-refractivity contribution is 6.31. The molecule has 1 heterocycles. The summed E-state index contributed by atoms with van der Waals surface area (Å²) in [6.45, 7) is 8.11. The average Bonchev–Trinajstić information content (AvgIpc) is 3.76. The van der Waals surface area contributed by atoms with Crippen molar-refractivity contribution in [2.75, 3.05) is 31.1 Å². The fraction of sp³-hybridized carbons (Fsp3) is 0.375. The van der Waals surface area contributed by atoms with Crippen LogP contribution in [0.5, 0.6) is 0 Å². The van der Waals surface area contributed by atoms with Crippen LogP contribution in [0.15, 0.2) is 66.7 Å². The van der Waals surface area contributed by atoms with Gasteiger partial charge in [-0.1, -0.05) is 60.1 Å². The summed E-state index contributed by atoms with van der Waals surface area (Å²) >= 11 is 6.46. The molecule has 0 unspecified atom stereocenters. The topological polar surface area (TPSA) is 43.9 Å². The zero-order chi connectivity index (χ0) is 26.6. The summed E-state index contributed by atoms with van der Waals surface area (Å²) in [6, 6.07) is 22.1. The second-order valence-corrected chi connectivity index (χ2v) is 11.1. The maximum atomic E-state index is 14.0. The number of aryl methyl sites for hydroxylation is 1. The number of benzene rings is 3. The number of amides is 2. The van der Waals surface area contributed by atoms with Gasteiger partial charge >= 0.3 is 0 Å². The number of carbonyl (C=O) groups excluding carboxylic acids is 2. The van der Waals surface area contributed by atoms with E-state index >= 15 is 0 Å². The van der Waals surface area contributed by atoms with Crippen molar-refractivity contribution >= 4 is 29.1 Å². The Kier molecular flexibility index (Phi) is 8.15. The second kappa shape index (κ2) is 11.7. The van der Waals surface area contributed by atoms with Gasteiger partial charge < -0.3 is 9.80 Å². The SMILES string of the molecule is Cc1cccc(C(=O)N2CCN(Cc3ccccc3)CCCN(C(=O)C3CC3)c3cc(Cl)ccc3C2)c1C. The van der Waals surface area contributed by atoms with Gasteiger partial charge in [-0.05, 0) is 73.6 Å². The molecule has 3 aromatic carbocycles. The monoisotopic (exact) mass is 529 g/mol. The summed E-state index contributed by atoms with van der Waals surface area (Å²) in [5.41, 5.74) is 5.89. The van der Waals surface area contributed by atoms with Gasteiger partial charge in [-0.2, -0.15) is 0 Å². The third kappa shape index (κ3) is 6.11. The Morgan fingerprint density at radius 3 is 2.45 bits per heavy atom.